The molecule has 4 rings (SSSR count). The van der Waals surface area contributed by atoms with Gasteiger partial charge in [-0.2, -0.15) is 9.61 Å². The van der Waals surface area contributed by atoms with Gasteiger partial charge in [-0.05, 0) is 17.7 Å². The Morgan fingerprint density at radius 3 is 2.29 bits per heavy atom. The molecular weight excluding hydrogens is 468 g/mol. The highest BCUT2D eigenvalue weighted by molar-refractivity contribution is 7.19. The Balaban J connectivity index is 1.62. The maximum Gasteiger partial charge on any atom is 0.275 e. The van der Waals surface area contributed by atoms with Gasteiger partial charge in [-0.3, -0.25) is 9.69 Å². The summed E-state index contributed by atoms with van der Waals surface area (Å²) in [6, 6.07) is 15.1. The average Bonchev–Trinajstić information content (AvgIpc) is 3.32. The molecule has 4 aromatic rings. The molecule has 184 valence electrons. The first-order valence-corrected chi connectivity index (χ1v) is 11.8. The number of nitrogens with zero attached hydrogens (tertiary/aromatic N) is 4. The fourth-order valence-electron chi connectivity index (χ4n) is 3.78. The van der Waals surface area contributed by atoms with Crippen molar-refractivity contribution >= 4 is 16.3 Å². The Bertz CT molecular complexity index is 1310. The predicted octanol–water partition coefficient (Wildman–Crippen LogP) is 3.49. The standard InChI is InChI=1S/C25H28N4O5S/c1-31-11-10-28(15-17-12-20(32-2)23(34-4)21(13-17)33-3)16-19-14-22(30)29-25(26-19)35-24(27-29)18-8-6-5-7-9-18/h5-9,12-14H,10-11,15-16H2,1-4H3. The third-order valence-electron chi connectivity index (χ3n) is 5.45. The first-order valence-electron chi connectivity index (χ1n) is 11.0. The van der Waals surface area contributed by atoms with Crippen LogP contribution in [0.3, 0.4) is 0 Å². The van der Waals surface area contributed by atoms with Crippen molar-refractivity contribution in [1.82, 2.24) is 19.5 Å². The van der Waals surface area contributed by atoms with E-state index in [9.17, 15) is 4.79 Å². The number of ether oxygens (including phenoxy) is 4. The number of hydrogen-bond donors (Lipinski definition) is 0. The number of fused-ring (bicyclic) bond motifs is 1. The molecule has 0 aliphatic heterocycles. The van der Waals surface area contributed by atoms with E-state index in [0.717, 1.165) is 16.1 Å². The van der Waals surface area contributed by atoms with Crippen molar-refractivity contribution in [2.45, 2.75) is 13.1 Å². The molecule has 0 bridgehead atoms. The molecule has 2 aromatic heterocycles. The van der Waals surface area contributed by atoms with Crippen molar-refractivity contribution in [1.29, 1.82) is 0 Å². The van der Waals surface area contributed by atoms with Gasteiger partial charge in [0.05, 0.1) is 33.6 Å². The van der Waals surface area contributed by atoms with Crippen molar-refractivity contribution < 1.29 is 18.9 Å². The van der Waals surface area contributed by atoms with Crippen LogP contribution < -0.4 is 19.8 Å². The highest BCUT2D eigenvalue weighted by Crippen LogP contribution is 2.38. The van der Waals surface area contributed by atoms with Crippen LogP contribution in [-0.2, 0) is 17.8 Å². The monoisotopic (exact) mass is 496 g/mol. The topological polar surface area (TPSA) is 87.4 Å². The molecule has 0 amide bonds. The van der Waals surface area contributed by atoms with Gasteiger partial charge in [0.2, 0.25) is 10.7 Å². The number of aromatic nitrogens is 3. The summed E-state index contributed by atoms with van der Waals surface area (Å²) < 4.78 is 23.1. The third-order valence-corrected chi connectivity index (χ3v) is 6.40. The molecular formula is C25H28N4O5S. The first kappa shape index (κ1) is 24.6. The molecule has 0 aliphatic rings. The summed E-state index contributed by atoms with van der Waals surface area (Å²) in [5, 5.41) is 5.21. The summed E-state index contributed by atoms with van der Waals surface area (Å²) in [6.45, 7) is 2.21. The summed E-state index contributed by atoms with van der Waals surface area (Å²) in [5.41, 5.74) is 2.38. The number of rotatable bonds is 11. The quantitative estimate of drug-likeness (QED) is 0.312. The minimum absolute atomic E-state index is 0.206. The molecule has 0 fully saturated rings. The van der Waals surface area contributed by atoms with Crippen LogP contribution in [0, 0.1) is 0 Å². The van der Waals surface area contributed by atoms with E-state index in [2.05, 4.69) is 10.00 Å². The summed E-state index contributed by atoms with van der Waals surface area (Å²) in [6.07, 6.45) is 0. The van der Waals surface area contributed by atoms with Gasteiger partial charge in [0.1, 0.15) is 5.01 Å². The van der Waals surface area contributed by atoms with Crippen LogP contribution in [0.25, 0.3) is 15.5 Å². The number of hydrogen-bond acceptors (Lipinski definition) is 9. The minimum atomic E-state index is -0.206. The molecule has 0 saturated carbocycles. The van der Waals surface area contributed by atoms with E-state index in [1.165, 1.54) is 21.9 Å². The van der Waals surface area contributed by atoms with Crippen molar-refractivity contribution in [3.8, 4) is 27.8 Å². The summed E-state index contributed by atoms with van der Waals surface area (Å²) in [5.74, 6) is 1.72. The normalized spacial score (nSPS) is 11.2. The highest BCUT2D eigenvalue weighted by Gasteiger charge is 2.17. The van der Waals surface area contributed by atoms with Crippen LogP contribution >= 0.6 is 11.3 Å². The highest BCUT2D eigenvalue weighted by atomic mass is 32.1. The van der Waals surface area contributed by atoms with Gasteiger partial charge in [-0.1, -0.05) is 41.7 Å². The zero-order valence-corrected chi connectivity index (χ0v) is 21.0. The van der Waals surface area contributed by atoms with E-state index < -0.39 is 0 Å². The van der Waals surface area contributed by atoms with Gasteiger partial charge in [-0.25, -0.2) is 4.98 Å². The second-order valence-corrected chi connectivity index (χ2v) is 8.75. The Morgan fingerprint density at radius 2 is 1.66 bits per heavy atom. The maximum atomic E-state index is 12.8. The van der Waals surface area contributed by atoms with Gasteiger partial charge in [-0.15, -0.1) is 0 Å². The Morgan fingerprint density at radius 1 is 0.943 bits per heavy atom. The lowest BCUT2D eigenvalue weighted by molar-refractivity contribution is 0.139. The van der Waals surface area contributed by atoms with E-state index in [1.54, 1.807) is 28.4 Å². The molecule has 9 nitrogen and oxygen atoms in total. The Labute approximate surface area is 207 Å². The zero-order chi connectivity index (χ0) is 24.8. The van der Waals surface area contributed by atoms with Crippen LogP contribution in [0.4, 0.5) is 0 Å². The summed E-state index contributed by atoms with van der Waals surface area (Å²) in [7, 11) is 6.43. The molecule has 0 saturated heterocycles. The molecule has 0 aliphatic carbocycles. The lowest BCUT2D eigenvalue weighted by Gasteiger charge is -2.23. The van der Waals surface area contributed by atoms with Gasteiger partial charge < -0.3 is 18.9 Å². The van der Waals surface area contributed by atoms with Crippen molar-refractivity contribution in [3.63, 3.8) is 0 Å². The molecule has 2 heterocycles. The van der Waals surface area contributed by atoms with Gasteiger partial charge in [0.25, 0.3) is 5.56 Å². The number of methoxy groups -OCH3 is 4. The van der Waals surface area contributed by atoms with Crippen LogP contribution in [0.2, 0.25) is 0 Å². The Kier molecular flexibility index (Phi) is 7.96. The molecule has 0 spiro atoms. The SMILES string of the molecule is COCCN(Cc1cc(OC)c(OC)c(OC)c1)Cc1cc(=O)n2nc(-c3ccccc3)sc2n1. The van der Waals surface area contributed by atoms with Crippen molar-refractivity contribution in [2.24, 2.45) is 0 Å². The molecule has 0 unspecified atom stereocenters. The number of benzene rings is 2. The Hall–Kier alpha value is -3.47. The van der Waals surface area contributed by atoms with Gasteiger partial charge in [0, 0.05) is 38.4 Å². The second-order valence-electron chi connectivity index (χ2n) is 7.79. The molecule has 10 heteroatoms. The van der Waals surface area contributed by atoms with Crippen LogP contribution in [-0.4, -0.2) is 61.1 Å². The fourth-order valence-corrected chi connectivity index (χ4v) is 4.71. The smallest absolute Gasteiger partial charge is 0.275 e. The largest absolute Gasteiger partial charge is 0.493 e. The lowest BCUT2D eigenvalue weighted by atomic mass is 10.1. The first-order chi connectivity index (χ1) is 17.1. The average molecular weight is 497 g/mol. The zero-order valence-electron chi connectivity index (χ0n) is 20.2. The van der Waals surface area contributed by atoms with Crippen LogP contribution in [0.1, 0.15) is 11.3 Å². The predicted molar refractivity (Wildman–Crippen MR) is 135 cm³/mol. The van der Waals surface area contributed by atoms with E-state index in [0.29, 0.717) is 54.1 Å². The summed E-state index contributed by atoms with van der Waals surface area (Å²) in [4.78, 5) is 20.3. The maximum absolute atomic E-state index is 12.8. The molecule has 35 heavy (non-hydrogen) atoms. The van der Waals surface area contributed by atoms with Crippen LogP contribution in [0.5, 0.6) is 17.2 Å². The third kappa shape index (κ3) is 5.61. The molecule has 0 atom stereocenters. The van der Waals surface area contributed by atoms with E-state index in [1.807, 2.05) is 42.5 Å². The van der Waals surface area contributed by atoms with Crippen molar-refractivity contribution in [2.75, 3.05) is 41.6 Å². The van der Waals surface area contributed by atoms with E-state index >= 15 is 0 Å². The molecule has 0 radical (unpaired) electrons. The fraction of sp³-hybridized carbons (Fsp3) is 0.320. The van der Waals surface area contributed by atoms with E-state index in [4.69, 9.17) is 23.9 Å². The summed E-state index contributed by atoms with van der Waals surface area (Å²) >= 11 is 1.39. The molecule has 0 N–H and O–H groups in total. The van der Waals surface area contributed by atoms with E-state index in [-0.39, 0.29) is 5.56 Å². The van der Waals surface area contributed by atoms with Gasteiger partial charge in [0.15, 0.2) is 11.5 Å². The van der Waals surface area contributed by atoms with Crippen molar-refractivity contribution in [3.05, 3.63) is 70.1 Å². The van der Waals surface area contributed by atoms with Gasteiger partial charge >= 0.3 is 0 Å². The molecule has 2 aromatic carbocycles. The lowest BCUT2D eigenvalue weighted by Crippen LogP contribution is -2.28. The minimum Gasteiger partial charge on any atom is -0.493 e. The van der Waals surface area contributed by atoms with Crippen LogP contribution in [0.15, 0.2) is 53.3 Å². The second kappa shape index (κ2) is 11.3.